The van der Waals surface area contributed by atoms with E-state index in [0.717, 1.165) is 18.7 Å². The third-order valence-corrected chi connectivity index (χ3v) is 4.77. The van der Waals surface area contributed by atoms with Gasteiger partial charge in [0.1, 0.15) is 11.6 Å². The fourth-order valence-corrected chi connectivity index (χ4v) is 3.00. The third-order valence-electron chi connectivity index (χ3n) is 4.77. The number of hydrogen-bond donors (Lipinski definition) is 3. The molecule has 0 saturated heterocycles. The Labute approximate surface area is 201 Å². The highest BCUT2D eigenvalue weighted by molar-refractivity contribution is 14.0. The summed E-state index contributed by atoms with van der Waals surface area (Å²) in [4.78, 5) is 16.1. The highest BCUT2D eigenvalue weighted by Gasteiger charge is 2.07. The molecule has 0 bridgehead atoms. The first-order valence-electron chi connectivity index (χ1n) is 10.1. The Balaban J connectivity index is 0.00000480. The number of methoxy groups -OCH3 is 1. The van der Waals surface area contributed by atoms with Gasteiger partial charge in [0.05, 0.1) is 13.5 Å². The molecule has 2 aromatic carbocycles. The summed E-state index contributed by atoms with van der Waals surface area (Å²) in [6.07, 6.45) is 1.12. The standard InChI is InChI=1S/C23H31FN4O2.HI/c1-17(19-7-9-21(30-3)10-8-19)11-12-27-23(25-2)28-14-13-26-22(29)16-18-5-4-6-20(24)15-18;/h4-10,15,17H,11-14,16H2,1-3H3,(H,26,29)(H2,25,27,28);1H. The Hall–Kier alpha value is -2.36. The summed E-state index contributed by atoms with van der Waals surface area (Å²) in [7, 11) is 3.38. The molecular formula is C23H32FIN4O2. The van der Waals surface area contributed by atoms with E-state index in [4.69, 9.17) is 4.74 Å². The third kappa shape index (κ3) is 9.99. The van der Waals surface area contributed by atoms with Crippen LogP contribution < -0.4 is 20.7 Å². The van der Waals surface area contributed by atoms with Crippen LogP contribution in [-0.2, 0) is 11.2 Å². The second-order valence-corrected chi connectivity index (χ2v) is 7.05. The first-order chi connectivity index (χ1) is 14.5. The van der Waals surface area contributed by atoms with Crippen LogP contribution in [-0.4, -0.2) is 45.7 Å². The molecule has 0 aliphatic rings. The zero-order chi connectivity index (χ0) is 21.8. The zero-order valence-corrected chi connectivity index (χ0v) is 20.6. The molecule has 3 N–H and O–H groups in total. The van der Waals surface area contributed by atoms with E-state index < -0.39 is 0 Å². The predicted molar refractivity (Wildman–Crippen MR) is 134 cm³/mol. The summed E-state index contributed by atoms with van der Waals surface area (Å²) < 4.78 is 18.4. The van der Waals surface area contributed by atoms with E-state index in [1.165, 1.54) is 17.7 Å². The fourth-order valence-electron chi connectivity index (χ4n) is 3.00. The number of guanidine groups is 1. The molecule has 0 radical (unpaired) electrons. The van der Waals surface area contributed by atoms with Gasteiger partial charge in [0.25, 0.3) is 0 Å². The first kappa shape index (κ1) is 26.7. The molecule has 0 aromatic heterocycles. The van der Waals surface area contributed by atoms with Gasteiger partial charge in [-0.25, -0.2) is 4.39 Å². The molecule has 0 aliphatic carbocycles. The maximum absolute atomic E-state index is 13.2. The largest absolute Gasteiger partial charge is 0.497 e. The van der Waals surface area contributed by atoms with Crippen molar-refractivity contribution in [2.24, 2.45) is 4.99 Å². The van der Waals surface area contributed by atoms with Gasteiger partial charge in [-0.15, -0.1) is 24.0 Å². The SMILES string of the molecule is CN=C(NCCNC(=O)Cc1cccc(F)c1)NCCC(C)c1ccc(OC)cc1.I. The molecule has 6 nitrogen and oxygen atoms in total. The smallest absolute Gasteiger partial charge is 0.224 e. The van der Waals surface area contributed by atoms with Crippen molar-refractivity contribution in [3.63, 3.8) is 0 Å². The maximum Gasteiger partial charge on any atom is 0.224 e. The second-order valence-electron chi connectivity index (χ2n) is 7.05. The van der Waals surface area contributed by atoms with Gasteiger partial charge in [-0.1, -0.05) is 31.2 Å². The number of nitrogens with one attached hydrogen (secondary N) is 3. The summed E-state index contributed by atoms with van der Waals surface area (Å²) in [5.74, 6) is 1.48. The minimum atomic E-state index is -0.335. The van der Waals surface area contributed by atoms with Gasteiger partial charge in [-0.2, -0.15) is 0 Å². The van der Waals surface area contributed by atoms with Crippen LogP contribution in [0.3, 0.4) is 0 Å². The van der Waals surface area contributed by atoms with Gasteiger partial charge in [0.2, 0.25) is 5.91 Å². The topological polar surface area (TPSA) is 74.8 Å². The van der Waals surface area contributed by atoms with E-state index in [1.54, 1.807) is 26.3 Å². The summed E-state index contributed by atoms with van der Waals surface area (Å²) in [5, 5.41) is 9.28. The van der Waals surface area contributed by atoms with Crippen molar-refractivity contribution in [1.82, 2.24) is 16.0 Å². The van der Waals surface area contributed by atoms with E-state index in [0.29, 0.717) is 30.5 Å². The lowest BCUT2D eigenvalue weighted by atomic mass is 9.98. The number of hydrogen-bond acceptors (Lipinski definition) is 3. The Morgan fingerprint density at radius 2 is 1.74 bits per heavy atom. The number of benzene rings is 2. The molecular weight excluding hydrogens is 510 g/mol. The van der Waals surface area contributed by atoms with Gasteiger partial charge < -0.3 is 20.7 Å². The fraction of sp³-hybridized carbons (Fsp3) is 0.391. The van der Waals surface area contributed by atoms with Crippen LogP contribution in [0.4, 0.5) is 4.39 Å². The highest BCUT2D eigenvalue weighted by atomic mass is 127. The minimum absolute atomic E-state index is 0. The molecule has 0 fully saturated rings. The van der Waals surface area contributed by atoms with Crippen molar-refractivity contribution in [3.05, 3.63) is 65.5 Å². The van der Waals surface area contributed by atoms with E-state index >= 15 is 0 Å². The van der Waals surface area contributed by atoms with E-state index in [9.17, 15) is 9.18 Å². The summed E-state index contributed by atoms with van der Waals surface area (Å²) in [6, 6.07) is 14.2. The molecule has 31 heavy (non-hydrogen) atoms. The van der Waals surface area contributed by atoms with Crippen molar-refractivity contribution in [2.75, 3.05) is 33.8 Å². The summed E-state index contributed by atoms with van der Waals surface area (Å²) in [6.45, 7) is 3.96. The van der Waals surface area contributed by atoms with Gasteiger partial charge >= 0.3 is 0 Å². The molecule has 2 aromatic rings. The Kier molecular flexibility index (Phi) is 12.6. The highest BCUT2D eigenvalue weighted by Crippen LogP contribution is 2.21. The number of halogens is 2. The molecule has 2 rings (SSSR count). The molecule has 0 spiro atoms. The summed E-state index contributed by atoms with van der Waals surface area (Å²) >= 11 is 0. The number of ether oxygens (including phenoxy) is 1. The molecule has 0 heterocycles. The maximum atomic E-state index is 13.2. The predicted octanol–water partition coefficient (Wildman–Crippen LogP) is 3.47. The van der Waals surface area contributed by atoms with E-state index in [-0.39, 0.29) is 42.1 Å². The molecule has 1 unspecified atom stereocenters. The molecule has 1 atom stereocenters. The van der Waals surface area contributed by atoms with Gasteiger partial charge in [0, 0.05) is 26.7 Å². The number of aliphatic imine (C=N–C) groups is 1. The number of nitrogens with zero attached hydrogens (tertiary/aromatic N) is 1. The number of carbonyl (C=O) groups is 1. The van der Waals surface area contributed by atoms with Gasteiger partial charge in [-0.3, -0.25) is 9.79 Å². The molecule has 170 valence electrons. The lowest BCUT2D eigenvalue weighted by Crippen LogP contribution is -2.42. The second kappa shape index (κ2) is 14.6. The van der Waals surface area contributed by atoms with E-state index in [1.807, 2.05) is 12.1 Å². The van der Waals surface area contributed by atoms with E-state index in [2.05, 4.69) is 40.0 Å². The van der Waals surface area contributed by atoms with Crippen LogP contribution in [0, 0.1) is 5.82 Å². The Morgan fingerprint density at radius 1 is 1.06 bits per heavy atom. The minimum Gasteiger partial charge on any atom is -0.497 e. The molecule has 8 heteroatoms. The number of rotatable bonds is 10. The summed E-state index contributed by atoms with van der Waals surface area (Å²) in [5.41, 5.74) is 1.92. The van der Waals surface area contributed by atoms with Crippen molar-refractivity contribution >= 4 is 35.8 Å². The van der Waals surface area contributed by atoms with Crippen LogP contribution in [0.5, 0.6) is 5.75 Å². The lowest BCUT2D eigenvalue weighted by molar-refractivity contribution is -0.120. The molecule has 1 amide bonds. The van der Waals surface area contributed by atoms with Crippen LogP contribution in [0.1, 0.15) is 30.4 Å². The van der Waals surface area contributed by atoms with Crippen molar-refractivity contribution in [1.29, 1.82) is 0 Å². The molecule has 0 aliphatic heterocycles. The van der Waals surface area contributed by atoms with Crippen molar-refractivity contribution in [2.45, 2.75) is 25.7 Å². The quantitative estimate of drug-likeness (QED) is 0.186. The van der Waals surface area contributed by atoms with Crippen molar-refractivity contribution in [3.8, 4) is 5.75 Å². The lowest BCUT2D eigenvalue weighted by Gasteiger charge is -2.15. The zero-order valence-electron chi connectivity index (χ0n) is 18.3. The molecule has 0 saturated carbocycles. The number of amides is 1. The monoisotopic (exact) mass is 542 g/mol. The van der Waals surface area contributed by atoms with Crippen LogP contribution in [0.15, 0.2) is 53.5 Å². The van der Waals surface area contributed by atoms with Crippen LogP contribution in [0.25, 0.3) is 0 Å². The van der Waals surface area contributed by atoms with Crippen LogP contribution >= 0.6 is 24.0 Å². The van der Waals surface area contributed by atoms with Gasteiger partial charge in [-0.05, 0) is 47.7 Å². The normalized spacial score (nSPS) is 11.8. The van der Waals surface area contributed by atoms with Gasteiger partial charge in [0.15, 0.2) is 5.96 Å². The average Bonchev–Trinajstić information content (AvgIpc) is 2.75. The van der Waals surface area contributed by atoms with Crippen LogP contribution in [0.2, 0.25) is 0 Å². The number of carbonyl (C=O) groups excluding carboxylic acids is 1. The van der Waals surface area contributed by atoms with Crippen molar-refractivity contribution < 1.29 is 13.9 Å². The Bertz CT molecular complexity index is 831. The average molecular weight is 542 g/mol. The first-order valence-corrected chi connectivity index (χ1v) is 10.1. The Morgan fingerprint density at radius 3 is 2.39 bits per heavy atom.